The topological polar surface area (TPSA) is 44.9 Å². The van der Waals surface area contributed by atoms with Gasteiger partial charge in [-0.3, -0.25) is 4.79 Å². The van der Waals surface area contributed by atoms with E-state index in [0.717, 1.165) is 16.5 Å². The highest BCUT2D eigenvalue weighted by Crippen LogP contribution is 2.78. The first kappa shape index (κ1) is 15.5. The number of amides is 1. The molecular weight excluding hydrogens is 317 g/mol. The van der Waals surface area contributed by atoms with Gasteiger partial charge < -0.3 is 10.3 Å². The first-order valence-corrected chi connectivity index (χ1v) is 8.17. The Morgan fingerprint density at radius 3 is 2.62 bits per heavy atom. The monoisotopic (exact) mass is 336 g/mol. The van der Waals surface area contributed by atoms with E-state index in [9.17, 15) is 18.0 Å². The molecule has 0 saturated heterocycles. The molecule has 3 nitrogen and oxygen atoms in total. The maximum Gasteiger partial charge on any atom is 0.394 e. The molecule has 3 saturated carbocycles. The highest BCUT2D eigenvalue weighted by Gasteiger charge is 2.80. The lowest BCUT2D eigenvalue weighted by Crippen LogP contribution is -2.73. The van der Waals surface area contributed by atoms with Crippen LogP contribution in [-0.4, -0.2) is 23.1 Å². The molecule has 3 aliphatic rings. The van der Waals surface area contributed by atoms with Gasteiger partial charge in [0.15, 0.2) is 0 Å². The minimum absolute atomic E-state index is 0.0465. The number of aromatic nitrogens is 1. The first-order chi connectivity index (χ1) is 11.2. The molecule has 3 aliphatic carbocycles. The van der Waals surface area contributed by atoms with Crippen LogP contribution in [0.4, 0.5) is 13.2 Å². The lowest BCUT2D eigenvalue weighted by Gasteiger charge is -2.69. The lowest BCUT2D eigenvalue weighted by molar-refractivity contribution is -0.351. The van der Waals surface area contributed by atoms with Crippen LogP contribution in [-0.2, 0) is 11.2 Å². The molecule has 0 aliphatic heterocycles. The Kier molecular flexibility index (Phi) is 3.09. The van der Waals surface area contributed by atoms with E-state index in [2.05, 4.69) is 10.3 Å². The van der Waals surface area contributed by atoms with E-state index >= 15 is 0 Å². The summed E-state index contributed by atoms with van der Waals surface area (Å²) in [5.41, 5.74) is -0.214. The Balaban J connectivity index is 1.38. The Labute approximate surface area is 137 Å². The number of H-pyrrole nitrogens is 1. The third-order valence-electron chi connectivity index (χ3n) is 5.69. The van der Waals surface area contributed by atoms with Gasteiger partial charge in [0.05, 0.1) is 10.8 Å². The average molecular weight is 336 g/mol. The third-order valence-corrected chi connectivity index (χ3v) is 5.69. The van der Waals surface area contributed by atoms with Crippen molar-refractivity contribution in [3.05, 3.63) is 36.0 Å². The second kappa shape index (κ2) is 4.77. The summed E-state index contributed by atoms with van der Waals surface area (Å²) in [5, 5.41) is 4.02. The summed E-state index contributed by atoms with van der Waals surface area (Å²) in [6.07, 6.45) is -1.74. The maximum absolute atomic E-state index is 12.9. The predicted molar refractivity (Wildman–Crippen MR) is 84.4 cm³/mol. The molecule has 2 bridgehead atoms. The minimum atomic E-state index is -4.18. The lowest BCUT2D eigenvalue weighted by atomic mass is 9.34. The van der Waals surface area contributed by atoms with Gasteiger partial charge in [0.1, 0.15) is 0 Å². The minimum Gasteiger partial charge on any atom is -0.361 e. The maximum atomic E-state index is 12.9. The van der Waals surface area contributed by atoms with E-state index in [1.165, 1.54) is 0 Å². The van der Waals surface area contributed by atoms with Crippen molar-refractivity contribution in [1.82, 2.24) is 10.3 Å². The zero-order valence-corrected chi connectivity index (χ0v) is 13.3. The van der Waals surface area contributed by atoms with Crippen LogP contribution >= 0.6 is 0 Å². The number of carbonyl (C=O) groups excluding carboxylic acids is 1. The second-order valence-corrected chi connectivity index (χ2v) is 7.53. The van der Waals surface area contributed by atoms with E-state index in [0.29, 0.717) is 6.42 Å². The SMILES string of the molecule is CC(Cc1c[nH]c2ccccc12)NC(=O)C12CC(C(F)(F)F)(C1)C2. The Bertz CT molecular complexity index is 788. The van der Waals surface area contributed by atoms with Gasteiger partial charge >= 0.3 is 6.18 Å². The quantitative estimate of drug-likeness (QED) is 0.872. The van der Waals surface area contributed by atoms with Gasteiger partial charge in [0.2, 0.25) is 5.91 Å². The molecule has 6 heteroatoms. The molecule has 128 valence electrons. The molecule has 0 radical (unpaired) electrons. The van der Waals surface area contributed by atoms with Crippen LogP contribution in [0.5, 0.6) is 0 Å². The molecule has 1 atom stereocenters. The molecule has 24 heavy (non-hydrogen) atoms. The number of aromatic amines is 1. The Morgan fingerprint density at radius 1 is 1.29 bits per heavy atom. The molecule has 5 rings (SSSR count). The fourth-order valence-corrected chi connectivity index (χ4v) is 4.39. The molecule has 1 heterocycles. The van der Waals surface area contributed by atoms with E-state index in [1.54, 1.807) is 0 Å². The van der Waals surface area contributed by atoms with Gasteiger partial charge in [-0.2, -0.15) is 13.2 Å². The average Bonchev–Trinajstić information content (AvgIpc) is 2.77. The number of nitrogens with one attached hydrogen (secondary N) is 2. The van der Waals surface area contributed by atoms with E-state index in [1.807, 2.05) is 37.4 Å². The van der Waals surface area contributed by atoms with Crippen molar-refractivity contribution in [3.8, 4) is 0 Å². The predicted octanol–water partition coefficient (Wildman–Crippen LogP) is 3.95. The molecular formula is C18H19F3N2O. The summed E-state index contributed by atoms with van der Waals surface area (Å²) in [7, 11) is 0. The van der Waals surface area contributed by atoms with Crippen LogP contribution in [0, 0.1) is 10.8 Å². The number of carbonyl (C=O) groups is 1. The Hall–Kier alpha value is -1.98. The van der Waals surface area contributed by atoms with E-state index < -0.39 is 17.0 Å². The molecule has 1 aromatic carbocycles. The number of hydrogen-bond donors (Lipinski definition) is 2. The van der Waals surface area contributed by atoms with Crippen molar-refractivity contribution >= 4 is 16.8 Å². The van der Waals surface area contributed by atoms with E-state index in [-0.39, 0.29) is 31.2 Å². The van der Waals surface area contributed by atoms with Gasteiger partial charge in [0.25, 0.3) is 0 Å². The molecule has 1 amide bonds. The number of hydrogen-bond acceptors (Lipinski definition) is 1. The molecule has 0 spiro atoms. The standard InChI is InChI=1S/C18H19F3N2O/c1-11(6-12-7-22-14-5-3-2-4-13(12)14)23-15(24)16-8-17(9-16,10-16)18(19,20)21/h2-5,7,11,22H,6,8-10H2,1H3,(H,23,24). The molecule has 1 unspecified atom stereocenters. The normalized spacial score (nSPS) is 29.7. The summed E-state index contributed by atoms with van der Waals surface area (Å²) >= 11 is 0. The van der Waals surface area contributed by atoms with Crippen molar-refractivity contribution in [1.29, 1.82) is 0 Å². The third kappa shape index (κ3) is 2.08. The summed E-state index contributed by atoms with van der Waals surface area (Å²) in [6, 6.07) is 7.80. The number of benzene rings is 1. The van der Waals surface area contributed by atoms with Gasteiger partial charge in [-0.25, -0.2) is 0 Å². The fourth-order valence-electron chi connectivity index (χ4n) is 4.39. The van der Waals surface area contributed by atoms with Crippen LogP contribution in [0.3, 0.4) is 0 Å². The first-order valence-electron chi connectivity index (χ1n) is 8.17. The van der Waals surface area contributed by atoms with Crippen LogP contribution in [0.1, 0.15) is 31.7 Å². The van der Waals surface area contributed by atoms with Crippen molar-refractivity contribution in [2.75, 3.05) is 0 Å². The zero-order valence-electron chi connectivity index (χ0n) is 13.3. The van der Waals surface area contributed by atoms with Crippen molar-refractivity contribution < 1.29 is 18.0 Å². The van der Waals surface area contributed by atoms with Crippen molar-refractivity contribution in [2.45, 2.75) is 44.8 Å². The van der Waals surface area contributed by atoms with Crippen LogP contribution in [0.15, 0.2) is 30.5 Å². The smallest absolute Gasteiger partial charge is 0.361 e. The molecule has 3 fully saturated rings. The van der Waals surface area contributed by atoms with E-state index in [4.69, 9.17) is 0 Å². The van der Waals surface area contributed by atoms with Crippen molar-refractivity contribution in [3.63, 3.8) is 0 Å². The van der Waals surface area contributed by atoms with Gasteiger partial charge in [-0.15, -0.1) is 0 Å². The molecule has 2 N–H and O–H groups in total. The summed E-state index contributed by atoms with van der Waals surface area (Å²) in [4.78, 5) is 15.6. The summed E-state index contributed by atoms with van der Waals surface area (Å²) < 4.78 is 38.7. The van der Waals surface area contributed by atoms with Gasteiger partial charge in [0, 0.05) is 23.1 Å². The summed E-state index contributed by atoms with van der Waals surface area (Å²) in [6.45, 7) is 1.89. The second-order valence-electron chi connectivity index (χ2n) is 7.53. The highest BCUT2D eigenvalue weighted by atomic mass is 19.4. The summed E-state index contributed by atoms with van der Waals surface area (Å²) in [5.74, 6) is -0.221. The number of fused-ring (bicyclic) bond motifs is 1. The van der Waals surface area contributed by atoms with Crippen LogP contribution in [0.25, 0.3) is 10.9 Å². The zero-order chi connectivity index (χ0) is 17.2. The molecule has 1 aromatic heterocycles. The molecule has 2 aromatic rings. The number of alkyl halides is 3. The van der Waals surface area contributed by atoms with Crippen molar-refractivity contribution in [2.24, 2.45) is 10.8 Å². The Morgan fingerprint density at radius 2 is 1.96 bits per heavy atom. The van der Waals surface area contributed by atoms with Gasteiger partial charge in [-0.05, 0) is 44.2 Å². The fraction of sp³-hybridized carbons (Fsp3) is 0.500. The number of halogens is 3. The van der Waals surface area contributed by atoms with Crippen LogP contribution in [0.2, 0.25) is 0 Å². The van der Waals surface area contributed by atoms with Crippen LogP contribution < -0.4 is 5.32 Å². The number of para-hydroxylation sites is 1. The highest BCUT2D eigenvalue weighted by molar-refractivity contribution is 5.87. The largest absolute Gasteiger partial charge is 0.394 e. The van der Waals surface area contributed by atoms with Gasteiger partial charge in [-0.1, -0.05) is 18.2 Å². The number of rotatable bonds is 4.